The van der Waals surface area contributed by atoms with Gasteiger partial charge < -0.3 is 4.90 Å². The van der Waals surface area contributed by atoms with Gasteiger partial charge in [0.15, 0.2) is 0 Å². The van der Waals surface area contributed by atoms with Gasteiger partial charge in [-0.2, -0.15) is 14.5 Å². The van der Waals surface area contributed by atoms with E-state index in [4.69, 9.17) is 0 Å². The first kappa shape index (κ1) is 20.5. The number of piperidine rings is 1. The van der Waals surface area contributed by atoms with E-state index in [1.54, 1.807) is 29.7 Å². The van der Waals surface area contributed by atoms with Gasteiger partial charge >= 0.3 is 0 Å². The fourth-order valence-electron chi connectivity index (χ4n) is 3.73. The molecule has 1 N–H and O–H groups in total. The highest BCUT2D eigenvalue weighted by atomic mass is 32.2. The summed E-state index contributed by atoms with van der Waals surface area (Å²) in [5.74, 6) is -0.172. The highest BCUT2D eigenvalue weighted by Gasteiger charge is 2.35. The molecule has 3 rings (SSSR count). The molecule has 0 saturated carbocycles. The zero-order valence-electron chi connectivity index (χ0n) is 16.8. The zero-order valence-corrected chi connectivity index (χ0v) is 17.7. The number of H-pyrrole nitrogens is 1. The average molecular weight is 409 g/mol. The van der Waals surface area contributed by atoms with Gasteiger partial charge in [0.05, 0.1) is 29.3 Å². The van der Waals surface area contributed by atoms with Gasteiger partial charge in [-0.3, -0.25) is 14.6 Å². The third-order valence-electron chi connectivity index (χ3n) is 5.55. The molecule has 0 radical (unpaired) electrons. The molecule has 0 aliphatic carbocycles. The average Bonchev–Trinajstić information content (AvgIpc) is 3.30. The molecule has 28 heavy (non-hydrogen) atoms. The van der Waals surface area contributed by atoms with Crippen LogP contribution >= 0.6 is 0 Å². The number of nitrogens with zero attached hydrogens (tertiary/aromatic N) is 5. The maximum absolute atomic E-state index is 13.1. The van der Waals surface area contributed by atoms with Crippen molar-refractivity contribution in [2.24, 2.45) is 7.05 Å². The predicted molar refractivity (Wildman–Crippen MR) is 105 cm³/mol. The molecule has 2 aromatic heterocycles. The Kier molecular flexibility index (Phi) is 5.90. The van der Waals surface area contributed by atoms with Crippen LogP contribution in [0.1, 0.15) is 54.4 Å². The number of hydrogen-bond acceptors (Lipinski definition) is 5. The van der Waals surface area contributed by atoms with Crippen LogP contribution in [0.4, 0.5) is 0 Å². The Bertz CT molecular complexity index is 944. The van der Waals surface area contributed by atoms with Crippen molar-refractivity contribution in [3.63, 3.8) is 0 Å². The largest absolute Gasteiger partial charge is 0.339 e. The van der Waals surface area contributed by atoms with Crippen LogP contribution in [-0.2, 0) is 17.1 Å². The summed E-state index contributed by atoms with van der Waals surface area (Å²) in [6.07, 6.45) is 4.48. The molecule has 2 aromatic rings. The molecular weight excluding hydrogens is 380 g/mol. The van der Waals surface area contributed by atoms with Crippen LogP contribution in [0.5, 0.6) is 0 Å². The first-order valence-corrected chi connectivity index (χ1v) is 11.1. The smallest absolute Gasteiger partial charge is 0.257 e. The molecule has 1 fully saturated rings. The van der Waals surface area contributed by atoms with Crippen LogP contribution in [0.25, 0.3) is 0 Å². The van der Waals surface area contributed by atoms with E-state index in [0.29, 0.717) is 37.4 Å². The van der Waals surface area contributed by atoms with Crippen molar-refractivity contribution in [1.82, 2.24) is 29.2 Å². The molecule has 0 unspecified atom stereocenters. The molecule has 1 amide bonds. The van der Waals surface area contributed by atoms with Crippen LogP contribution in [0.2, 0.25) is 0 Å². The van der Waals surface area contributed by atoms with Crippen LogP contribution < -0.4 is 0 Å². The van der Waals surface area contributed by atoms with Crippen molar-refractivity contribution in [3.05, 3.63) is 29.3 Å². The predicted octanol–water partition coefficient (Wildman–Crippen LogP) is 1.50. The highest BCUT2D eigenvalue weighted by molar-refractivity contribution is 7.89. The summed E-state index contributed by atoms with van der Waals surface area (Å²) in [4.78, 5) is 14.8. The molecule has 3 heterocycles. The van der Waals surface area contributed by atoms with E-state index in [-0.39, 0.29) is 16.7 Å². The Labute approximate surface area is 165 Å². The first-order chi connectivity index (χ1) is 13.3. The number of aromatic nitrogens is 4. The second kappa shape index (κ2) is 8.04. The van der Waals surface area contributed by atoms with Crippen molar-refractivity contribution in [2.75, 3.05) is 26.2 Å². The number of carbonyl (C=O) groups excluding carboxylic acids is 1. The zero-order chi connectivity index (χ0) is 20.5. The Morgan fingerprint density at radius 3 is 2.64 bits per heavy atom. The summed E-state index contributed by atoms with van der Waals surface area (Å²) in [6.45, 7) is 7.63. The van der Waals surface area contributed by atoms with E-state index < -0.39 is 10.0 Å². The standard InChI is InChI=1S/C18H28N6O3S/c1-5-23(6-2)18(25)15-10-19-21-17(15)14-8-7-9-24(12-14)28(26,27)16-11-20-22(4)13(16)3/h10-11,14H,5-9,12H2,1-4H3,(H,19,21)/t14-/m0/s1. The number of hydrogen-bond donors (Lipinski definition) is 1. The molecule has 1 aliphatic rings. The Hall–Kier alpha value is -2.20. The normalized spacial score (nSPS) is 18.4. The minimum atomic E-state index is -3.63. The van der Waals surface area contributed by atoms with Gasteiger partial charge in [0.2, 0.25) is 10.0 Å². The van der Waals surface area contributed by atoms with Crippen molar-refractivity contribution in [2.45, 2.75) is 44.4 Å². The van der Waals surface area contributed by atoms with E-state index in [1.165, 1.54) is 10.5 Å². The molecule has 0 aromatic carbocycles. The lowest BCUT2D eigenvalue weighted by Crippen LogP contribution is -2.40. The quantitative estimate of drug-likeness (QED) is 0.780. The lowest BCUT2D eigenvalue weighted by atomic mass is 9.93. The van der Waals surface area contributed by atoms with E-state index in [9.17, 15) is 13.2 Å². The number of aryl methyl sites for hydroxylation is 1. The maximum Gasteiger partial charge on any atom is 0.257 e. The van der Waals surface area contributed by atoms with Gasteiger partial charge in [-0.15, -0.1) is 0 Å². The second-order valence-corrected chi connectivity index (χ2v) is 9.00. The SMILES string of the molecule is CCN(CC)C(=O)c1cn[nH]c1[C@H]1CCCN(S(=O)(=O)c2cnn(C)c2C)C1. The molecular formula is C18H28N6O3S. The van der Waals surface area contributed by atoms with E-state index >= 15 is 0 Å². The third-order valence-corrected chi connectivity index (χ3v) is 7.52. The Morgan fingerprint density at radius 1 is 1.32 bits per heavy atom. The second-order valence-electron chi connectivity index (χ2n) is 7.09. The van der Waals surface area contributed by atoms with Crippen LogP contribution in [0.3, 0.4) is 0 Å². The highest BCUT2D eigenvalue weighted by Crippen LogP contribution is 2.32. The van der Waals surface area contributed by atoms with Gasteiger partial charge in [-0.25, -0.2) is 8.42 Å². The number of amides is 1. The number of nitrogens with one attached hydrogen (secondary N) is 1. The minimum Gasteiger partial charge on any atom is -0.339 e. The van der Waals surface area contributed by atoms with Gasteiger partial charge in [-0.05, 0) is 33.6 Å². The van der Waals surface area contributed by atoms with Gasteiger partial charge in [-0.1, -0.05) is 0 Å². The molecule has 1 aliphatic heterocycles. The topological polar surface area (TPSA) is 104 Å². The summed E-state index contributed by atoms with van der Waals surface area (Å²) >= 11 is 0. The Balaban J connectivity index is 1.86. The minimum absolute atomic E-state index is 0.0724. The number of aromatic amines is 1. The molecule has 9 nitrogen and oxygen atoms in total. The third kappa shape index (κ3) is 3.58. The van der Waals surface area contributed by atoms with Crippen LogP contribution in [0.15, 0.2) is 17.3 Å². The van der Waals surface area contributed by atoms with Crippen LogP contribution in [0, 0.1) is 6.92 Å². The fraction of sp³-hybridized carbons (Fsp3) is 0.611. The number of sulfonamides is 1. The number of rotatable bonds is 6. The lowest BCUT2D eigenvalue weighted by molar-refractivity contribution is 0.0771. The summed E-state index contributed by atoms with van der Waals surface area (Å²) in [7, 11) is -1.91. The Morgan fingerprint density at radius 2 is 2.04 bits per heavy atom. The lowest BCUT2D eigenvalue weighted by Gasteiger charge is -2.32. The maximum atomic E-state index is 13.1. The van der Waals surface area contributed by atoms with Gasteiger partial charge in [0, 0.05) is 39.1 Å². The summed E-state index contributed by atoms with van der Waals surface area (Å²) < 4.78 is 29.3. The molecule has 0 bridgehead atoms. The molecule has 1 saturated heterocycles. The molecule has 1 atom stereocenters. The summed E-state index contributed by atoms with van der Waals surface area (Å²) in [5, 5.41) is 11.1. The van der Waals surface area contributed by atoms with Crippen molar-refractivity contribution in [1.29, 1.82) is 0 Å². The van der Waals surface area contributed by atoms with Gasteiger partial charge in [0.25, 0.3) is 5.91 Å². The van der Waals surface area contributed by atoms with Crippen molar-refractivity contribution >= 4 is 15.9 Å². The number of carbonyl (C=O) groups is 1. The van der Waals surface area contributed by atoms with E-state index in [2.05, 4.69) is 15.3 Å². The molecule has 154 valence electrons. The summed E-state index contributed by atoms with van der Waals surface area (Å²) in [6, 6.07) is 0. The summed E-state index contributed by atoms with van der Waals surface area (Å²) in [5.41, 5.74) is 1.87. The van der Waals surface area contributed by atoms with Crippen molar-refractivity contribution in [3.8, 4) is 0 Å². The van der Waals surface area contributed by atoms with Crippen LogP contribution in [-0.4, -0.2) is 69.7 Å². The van der Waals surface area contributed by atoms with E-state index in [0.717, 1.165) is 18.5 Å². The monoisotopic (exact) mass is 408 g/mol. The van der Waals surface area contributed by atoms with E-state index in [1.807, 2.05) is 13.8 Å². The molecule has 0 spiro atoms. The molecule has 10 heteroatoms. The van der Waals surface area contributed by atoms with Crippen molar-refractivity contribution < 1.29 is 13.2 Å². The first-order valence-electron chi connectivity index (χ1n) is 9.62. The fourth-order valence-corrected chi connectivity index (χ4v) is 5.44. The van der Waals surface area contributed by atoms with Gasteiger partial charge in [0.1, 0.15) is 4.90 Å².